The summed E-state index contributed by atoms with van der Waals surface area (Å²) in [6, 6.07) is 24.1. The highest BCUT2D eigenvalue weighted by molar-refractivity contribution is 7.08. The van der Waals surface area contributed by atoms with Crippen molar-refractivity contribution in [3.05, 3.63) is 135 Å². The lowest BCUT2D eigenvalue weighted by molar-refractivity contribution is -0.113. The number of nitrogens with one attached hydrogen (secondary N) is 2. The van der Waals surface area contributed by atoms with Crippen LogP contribution in [-0.2, 0) is 4.79 Å². The van der Waals surface area contributed by atoms with Gasteiger partial charge in [-0.2, -0.15) is 11.3 Å². The number of hydrogen-bond donors (Lipinski definition) is 2. The van der Waals surface area contributed by atoms with Gasteiger partial charge >= 0.3 is 0 Å². The third kappa shape index (κ3) is 6.66. The lowest BCUT2D eigenvalue weighted by Gasteiger charge is -2.12. The lowest BCUT2D eigenvalue weighted by atomic mass is 10.1. The van der Waals surface area contributed by atoms with Crippen LogP contribution in [0.2, 0.25) is 5.02 Å². The van der Waals surface area contributed by atoms with E-state index in [2.05, 4.69) is 10.6 Å². The van der Waals surface area contributed by atoms with Crippen molar-refractivity contribution >= 4 is 58.4 Å². The predicted octanol–water partition coefficient (Wildman–Crippen LogP) is 6.71. The van der Waals surface area contributed by atoms with Gasteiger partial charge < -0.3 is 10.6 Å². The molecule has 0 fully saturated rings. The van der Waals surface area contributed by atoms with Crippen LogP contribution >= 0.6 is 22.9 Å². The van der Waals surface area contributed by atoms with Gasteiger partial charge in [-0.15, -0.1) is 0 Å². The lowest BCUT2D eigenvalue weighted by Crippen LogP contribution is -2.30. The first-order valence-electron chi connectivity index (χ1n) is 11.0. The Hall–Kier alpha value is -4.26. The molecule has 0 aliphatic carbocycles. The van der Waals surface area contributed by atoms with E-state index in [0.717, 1.165) is 5.56 Å². The maximum atomic E-state index is 13.1. The second kappa shape index (κ2) is 11.9. The molecule has 4 aromatic rings. The fourth-order valence-electron chi connectivity index (χ4n) is 3.24. The summed E-state index contributed by atoms with van der Waals surface area (Å²) in [6.45, 7) is 0. The molecule has 0 saturated heterocycles. The van der Waals surface area contributed by atoms with Crippen LogP contribution in [0.4, 0.5) is 5.69 Å². The Labute approximate surface area is 217 Å². The Bertz CT molecular complexity index is 1430. The number of anilines is 1. The number of allylic oxidation sites excluding steroid dienone is 1. The van der Waals surface area contributed by atoms with Crippen molar-refractivity contribution in [2.24, 2.45) is 0 Å². The highest BCUT2D eigenvalue weighted by atomic mass is 35.5. The summed E-state index contributed by atoms with van der Waals surface area (Å²) >= 11 is 7.83. The highest BCUT2D eigenvalue weighted by Crippen LogP contribution is 2.19. The van der Waals surface area contributed by atoms with Gasteiger partial charge in [0.2, 0.25) is 0 Å². The van der Waals surface area contributed by atoms with Crippen molar-refractivity contribution in [1.29, 1.82) is 0 Å². The van der Waals surface area contributed by atoms with Crippen molar-refractivity contribution in [2.45, 2.75) is 0 Å². The van der Waals surface area contributed by atoms with Gasteiger partial charge in [0.25, 0.3) is 11.8 Å². The SMILES string of the molecule is O=C(Nc1ccc(C(=O)/C=C/c2ccsc2)cc1)/C(=C/c1ccccc1Cl)NC(=O)c1ccccc1. The number of halogens is 1. The minimum atomic E-state index is -0.532. The van der Waals surface area contributed by atoms with Gasteiger partial charge in [-0.25, -0.2) is 0 Å². The van der Waals surface area contributed by atoms with Crippen LogP contribution in [-0.4, -0.2) is 17.6 Å². The zero-order valence-electron chi connectivity index (χ0n) is 19.0. The number of ketones is 1. The largest absolute Gasteiger partial charge is 0.321 e. The molecule has 3 aromatic carbocycles. The summed E-state index contributed by atoms with van der Waals surface area (Å²) < 4.78 is 0. The van der Waals surface area contributed by atoms with Gasteiger partial charge in [0, 0.05) is 21.8 Å². The quantitative estimate of drug-likeness (QED) is 0.203. The summed E-state index contributed by atoms with van der Waals surface area (Å²) in [6.07, 6.45) is 4.79. The molecule has 0 aliphatic heterocycles. The molecule has 36 heavy (non-hydrogen) atoms. The molecule has 0 aliphatic rings. The summed E-state index contributed by atoms with van der Waals surface area (Å²) in [4.78, 5) is 38.3. The molecule has 2 N–H and O–H groups in total. The molecular weight excluding hydrogens is 492 g/mol. The molecular formula is C29H21ClN2O3S. The van der Waals surface area contributed by atoms with Crippen LogP contribution in [0, 0.1) is 0 Å². The van der Waals surface area contributed by atoms with Gasteiger partial charge in [0.05, 0.1) is 0 Å². The van der Waals surface area contributed by atoms with Crippen molar-refractivity contribution in [3.63, 3.8) is 0 Å². The number of amides is 2. The average Bonchev–Trinajstić information content (AvgIpc) is 3.43. The second-order valence-electron chi connectivity index (χ2n) is 7.69. The van der Waals surface area contributed by atoms with Crippen molar-refractivity contribution in [3.8, 4) is 0 Å². The normalized spacial score (nSPS) is 11.3. The Kier molecular flexibility index (Phi) is 8.24. The molecule has 7 heteroatoms. The number of benzene rings is 3. The van der Waals surface area contributed by atoms with Gasteiger partial charge in [0.1, 0.15) is 5.70 Å². The van der Waals surface area contributed by atoms with Crippen molar-refractivity contribution in [2.75, 3.05) is 5.32 Å². The molecule has 4 rings (SSSR count). The van der Waals surface area contributed by atoms with E-state index < -0.39 is 11.8 Å². The molecule has 0 atom stereocenters. The average molecular weight is 513 g/mol. The van der Waals surface area contributed by atoms with E-state index >= 15 is 0 Å². The molecule has 0 spiro atoms. The molecule has 0 saturated carbocycles. The summed E-state index contributed by atoms with van der Waals surface area (Å²) in [5, 5.41) is 9.78. The molecule has 1 heterocycles. The summed E-state index contributed by atoms with van der Waals surface area (Å²) in [7, 11) is 0. The summed E-state index contributed by atoms with van der Waals surface area (Å²) in [5.74, 6) is -1.11. The number of hydrogen-bond acceptors (Lipinski definition) is 4. The van der Waals surface area contributed by atoms with Crippen LogP contribution in [0.25, 0.3) is 12.2 Å². The zero-order valence-corrected chi connectivity index (χ0v) is 20.6. The standard InChI is InChI=1S/C29H21ClN2O3S/c30-25-9-5-4-8-23(25)18-26(32-28(34)22-6-2-1-3-7-22)29(35)31-24-13-11-21(12-14-24)27(33)15-10-20-16-17-36-19-20/h1-19H,(H,31,35)(H,32,34)/b15-10+,26-18-. The van der Waals surface area contributed by atoms with Crippen molar-refractivity contribution < 1.29 is 14.4 Å². The minimum Gasteiger partial charge on any atom is -0.321 e. The van der Waals surface area contributed by atoms with E-state index in [1.807, 2.05) is 16.8 Å². The first kappa shape index (κ1) is 24.9. The Morgan fingerprint density at radius 1 is 0.806 bits per heavy atom. The highest BCUT2D eigenvalue weighted by Gasteiger charge is 2.16. The molecule has 2 amide bonds. The topological polar surface area (TPSA) is 75.3 Å². The minimum absolute atomic E-state index is 0.0239. The predicted molar refractivity (Wildman–Crippen MR) is 146 cm³/mol. The molecule has 178 valence electrons. The van der Waals surface area contributed by atoms with E-state index in [1.54, 1.807) is 96.3 Å². The van der Waals surface area contributed by atoms with Gasteiger partial charge in [-0.3, -0.25) is 14.4 Å². The van der Waals surface area contributed by atoms with Crippen LogP contribution in [0.5, 0.6) is 0 Å². The molecule has 0 bridgehead atoms. The maximum Gasteiger partial charge on any atom is 0.272 e. The smallest absolute Gasteiger partial charge is 0.272 e. The van der Waals surface area contributed by atoms with Crippen LogP contribution < -0.4 is 10.6 Å². The molecule has 0 unspecified atom stereocenters. The fraction of sp³-hybridized carbons (Fsp3) is 0. The number of rotatable bonds is 8. The van der Waals surface area contributed by atoms with E-state index in [-0.39, 0.29) is 11.5 Å². The van der Waals surface area contributed by atoms with Gasteiger partial charge in [-0.05, 0) is 82.6 Å². The third-order valence-electron chi connectivity index (χ3n) is 5.13. The van der Waals surface area contributed by atoms with E-state index in [0.29, 0.717) is 27.4 Å². The first-order valence-corrected chi connectivity index (χ1v) is 12.3. The van der Waals surface area contributed by atoms with E-state index in [4.69, 9.17) is 11.6 Å². The first-order chi connectivity index (χ1) is 17.5. The molecule has 1 aromatic heterocycles. The van der Waals surface area contributed by atoms with Gasteiger partial charge in [-0.1, -0.05) is 54.1 Å². The molecule has 0 radical (unpaired) electrons. The Balaban J connectivity index is 1.51. The van der Waals surface area contributed by atoms with E-state index in [9.17, 15) is 14.4 Å². The third-order valence-corrected chi connectivity index (χ3v) is 6.18. The number of thiophene rings is 1. The summed E-state index contributed by atoms with van der Waals surface area (Å²) in [5.41, 5.74) is 2.94. The second-order valence-corrected chi connectivity index (χ2v) is 8.87. The van der Waals surface area contributed by atoms with Crippen LogP contribution in [0.3, 0.4) is 0 Å². The maximum absolute atomic E-state index is 13.1. The van der Waals surface area contributed by atoms with Crippen molar-refractivity contribution in [1.82, 2.24) is 5.32 Å². The fourth-order valence-corrected chi connectivity index (χ4v) is 4.06. The zero-order chi connectivity index (χ0) is 25.3. The number of carbonyl (C=O) groups is 3. The Morgan fingerprint density at radius 2 is 1.53 bits per heavy atom. The van der Waals surface area contributed by atoms with Crippen LogP contribution in [0.1, 0.15) is 31.8 Å². The number of carbonyl (C=O) groups excluding carboxylic acids is 3. The van der Waals surface area contributed by atoms with E-state index in [1.165, 1.54) is 12.2 Å². The molecule has 5 nitrogen and oxygen atoms in total. The Morgan fingerprint density at radius 3 is 2.22 bits per heavy atom. The monoisotopic (exact) mass is 512 g/mol. The van der Waals surface area contributed by atoms with Gasteiger partial charge in [0.15, 0.2) is 5.78 Å². The van der Waals surface area contributed by atoms with Crippen LogP contribution in [0.15, 0.2) is 107 Å².